The maximum Gasteiger partial charge on any atom is 0.0575 e. The molecule has 100 valence electrons. The van der Waals surface area contributed by atoms with Crippen LogP contribution in [0.2, 0.25) is 0 Å². The lowest BCUT2D eigenvalue weighted by atomic mass is 10.1. The highest BCUT2D eigenvalue weighted by molar-refractivity contribution is 5.86. The molecule has 0 atom stereocenters. The van der Waals surface area contributed by atoms with Crippen LogP contribution in [-0.2, 0) is 0 Å². The number of nitrogens with zero attached hydrogens (tertiary/aromatic N) is 1. The fraction of sp³-hybridized carbons (Fsp3) is 0.250. The molecule has 4 N–H and O–H groups in total. The third-order valence-electron chi connectivity index (χ3n) is 3.23. The number of hydrogen-bond donors (Lipinski definition) is 2. The molecule has 0 saturated heterocycles. The van der Waals surface area contributed by atoms with E-state index in [9.17, 15) is 0 Å². The van der Waals surface area contributed by atoms with Crippen LogP contribution in [0.3, 0.4) is 0 Å². The summed E-state index contributed by atoms with van der Waals surface area (Å²) in [5.74, 6) is 6.33. The van der Waals surface area contributed by atoms with Gasteiger partial charge in [-0.15, -0.1) is 0 Å². The van der Waals surface area contributed by atoms with Crippen molar-refractivity contribution in [2.75, 3.05) is 5.01 Å². The molecule has 0 aliphatic rings. The predicted octanol–water partition coefficient (Wildman–Crippen LogP) is 3.28. The molecule has 2 aromatic carbocycles. The van der Waals surface area contributed by atoms with Gasteiger partial charge in [0, 0.05) is 11.9 Å². The van der Waals surface area contributed by atoms with E-state index in [4.69, 9.17) is 11.6 Å². The minimum Gasteiger partial charge on any atom is -0.401 e. The van der Waals surface area contributed by atoms with Gasteiger partial charge < -0.3 is 5.73 Å². The predicted molar refractivity (Wildman–Crippen MR) is 82.5 cm³/mol. The van der Waals surface area contributed by atoms with E-state index in [1.54, 1.807) is 11.2 Å². The molecule has 0 heterocycles. The number of benzene rings is 2. The van der Waals surface area contributed by atoms with E-state index in [1.807, 2.05) is 19.9 Å². The summed E-state index contributed by atoms with van der Waals surface area (Å²) in [7, 11) is 0. The minimum atomic E-state index is 0.286. The fourth-order valence-electron chi connectivity index (χ4n) is 1.90. The molecule has 0 aromatic heterocycles. The second-order valence-corrected chi connectivity index (χ2v) is 5.23. The molecule has 0 spiro atoms. The fourth-order valence-corrected chi connectivity index (χ4v) is 1.90. The van der Waals surface area contributed by atoms with Gasteiger partial charge in [0.15, 0.2) is 0 Å². The van der Waals surface area contributed by atoms with Crippen molar-refractivity contribution < 1.29 is 0 Å². The van der Waals surface area contributed by atoms with Gasteiger partial charge in [0.25, 0.3) is 0 Å². The standard InChI is InChI=1S/C16H21N3/c1-11(2)16(17)10-19(18)15-7-6-13-5-4-12(3)8-14(13)9-15/h4-11H,17-18H2,1-3H3/b16-10-. The molecule has 2 rings (SSSR count). The Morgan fingerprint density at radius 1 is 1.11 bits per heavy atom. The van der Waals surface area contributed by atoms with Crippen LogP contribution in [0.25, 0.3) is 10.8 Å². The first kappa shape index (κ1) is 13.4. The van der Waals surface area contributed by atoms with Gasteiger partial charge in [0.2, 0.25) is 0 Å². The summed E-state index contributed by atoms with van der Waals surface area (Å²) in [6.45, 7) is 6.18. The Morgan fingerprint density at radius 2 is 1.79 bits per heavy atom. The van der Waals surface area contributed by atoms with Crippen LogP contribution in [0.4, 0.5) is 5.69 Å². The molecule has 3 heteroatoms. The van der Waals surface area contributed by atoms with Gasteiger partial charge in [-0.25, -0.2) is 5.84 Å². The minimum absolute atomic E-state index is 0.286. The highest BCUT2D eigenvalue weighted by atomic mass is 15.4. The summed E-state index contributed by atoms with van der Waals surface area (Å²) in [5, 5.41) is 3.98. The van der Waals surface area contributed by atoms with Gasteiger partial charge in [0.1, 0.15) is 0 Å². The molecule has 0 aliphatic heterocycles. The van der Waals surface area contributed by atoms with Crippen molar-refractivity contribution in [1.82, 2.24) is 0 Å². The van der Waals surface area contributed by atoms with Crippen molar-refractivity contribution >= 4 is 16.5 Å². The molecule has 3 nitrogen and oxygen atoms in total. The van der Waals surface area contributed by atoms with Crippen LogP contribution in [0.15, 0.2) is 48.3 Å². The highest BCUT2D eigenvalue weighted by Crippen LogP contribution is 2.22. The molecular weight excluding hydrogens is 234 g/mol. The molecular formula is C16H21N3. The maximum absolute atomic E-state index is 6.04. The summed E-state index contributed by atoms with van der Waals surface area (Å²) in [4.78, 5) is 0. The quantitative estimate of drug-likeness (QED) is 0.653. The normalized spacial score (nSPS) is 12.2. The lowest BCUT2D eigenvalue weighted by Crippen LogP contribution is -2.26. The smallest absolute Gasteiger partial charge is 0.0575 e. The van der Waals surface area contributed by atoms with Gasteiger partial charge in [-0.05, 0) is 35.7 Å². The maximum atomic E-state index is 6.04. The van der Waals surface area contributed by atoms with Gasteiger partial charge in [0.05, 0.1) is 5.69 Å². The summed E-state index contributed by atoms with van der Waals surface area (Å²) in [5.41, 5.74) is 8.87. The number of rotatable bonds is 3. The number of aryl methyl sites for hydroxylation is 1. The SMILES string of the molecule is Cc1ccc2ccc(N(N)/C=C(\N)C(C)C)cc2c1. The van der Waals surface area contributed by atoms with Crippen LogP contribution in [0.5, 0.6) is 0 Å². The molecule has 0 amide bonds. The van der Waals surface area contributed by atoms with E-state index in [2.05, 4.69) is 37.3 Å². The van der Waals surface area contributed by atoms with Crippen LogP contribution in [0.1, 0.15) is 19.4 Å². The summed E-state index contributed by atoms with van der Waals surface area (Å²) >= 11 is 0. The van der Waals surface area contributed by atoms with Crippen LogP contribution in [-0.4, -0.2) is 0 Å². The van der Waals surface area contributed by atoms with Crippen molar-refractivity contribution in [3.05, 3.63) is 53.9 Å². The molecule has 0 fully saturated rings. The third kappa shape index (κ3) is 3.06. The largest absolute Gasteiger partial charge is 0.401 e. The molecule has 0 aliphatic carbocycles. The van der Waals surface area contributed by atoms with Crippen molar-refractivity contribution in [2.45, 2.75) is 20.8 Å². The van der Waals surface area contributed by atoms with Gasteiger partial charge >= 0.3 is 0 Å². The molecule has 0 bridgehead atoms. The zero-order valence-corrected chi connectivity index (χ0v) is 11.7. The second kappa shape index (κ2) is 5.33. The van der Waals surface area contributed by atoms with E-state index < -0.39 is 0 Å². The second-order valence-electron chi connectivity index (χ2n) is 5.23. The summed E-state index contributed by atoms with van der Waals surface area (Å²) in [6, 6.07) is 12.5. The van der Waals surface area contributed by atoms with E-state index in [0.29, 0.717) is 0 Å². The van der Waals surface area contributed by atoms with Gasteiger partial charge in [-0.2, -0.15) is 0 Å². The number of fused-ring (bicyclic) bond motifs is 1. The van der Waals surface area contributed by atoms with Crippen molar-refractivity contribution in [3.63, 3.8) is 0 Å². The lowest BCUT2D eigenvalue weighted by molar-refractivity contribution is 0.748. The monoisotopic (exact) mass is 255 g/mol. The van der Waals surface area contributed by atoms with E-state index in [-0.39, 0.29) is 5.92 Å². The van der Waals surface area contributed by atoms with Crippen LogP contribution < -0.4 is 16.6 Å². The number of allylic oxidation sites excluding steroid dienone is 1. The van der Waals surface area contributed by atoms with E-state index in [1.165, 1.54) is 16.3 Å². The summed E-state index contributed by atoms with van der Waals surface area (Å²) in [6.07, 6.45) is 1.78. The number of nitrogens with two attached hydrogens (primary N) is 2. The van der Waals surface area contributed by atoms with Crippen molar-refractivity contribution in [2.24, 2.45) is 17.5 Å². The Morgan fingerprint density at radius 3 is 2.47 bits per heavy atom. The number of hydrogen-bond acceptors (Lipinski definition) is 3. The summed E-state index contributed by atoms with van der Waals surface area (Å²) < 4.78 is 0. The average molecular weight is 255 g/mol. The molecule has 0 radical (unpaired) electrons. The third-order valence-corrected chi connectivity index (χ3v) is 3.23. The first-order chi connectivity index (χ1) is 8.97. The zero-order valence-electron chi connectivity index (χ0n) is 11.7. The Labute approximate surface area is 114 Å². The Bertz CT molecular complexity index is 614. The molecule has 2 aromatic rings. The van der Waals surface area contributed by atoms with Crippen molar-refractivity contribution in [1.29, 1.82) is 0 Å². The van der Waals surface area contributed by atoms with E-state index in [0.717, 1.165) is 11.4 Å². The molecule has 0 saturated carbocycles. The Balaban J connectivity index is 2.37. The Kier molecular flexibility index (Phi) is 3.76. The molecule has 19 heavy (non-hydrogen) atoms. The topological polar surface area (TPSA) is 55.3 Å². The number of hydrazine groups is 1. The lowest BCUT2D eigenvalue weighted by Gasteiger charge is -2.17. The first-order valence-corrected chi connectivity index (χ1v) is 6.49. The Hall–Kier alpha value is -2.00. The van der Waals surface area contributed by atoms with Crippen LogP contribution >= 0.6 is 0 Å². The van der Waals surface area contributed by atoms with Crippen molar-refractivity contribution in [3.8, 4) is 0 Å². The zero-order chi connectivity index (χ0) is 14.0. The first-order valence-electron chi connectivity index (χ1n) is 6.49. The van der Waals surface area contributed by atoms with Gasteiger partial charge in [-0.1, -0.05) is 43.7 Å². The van der Waals surface area contributed by atoms with Gasteiger partial charge in [-0.3, -0.25) is 5.01 Å². The van der Waals surface area contributed by atoms with Crippen LogP contribution in [0, 0.1) is 12.8 Å². The highest BCUT2D eigenvalue weighted by Gasteiger charge is 2.04. The van der Waals surface area contributed by atoms with E-state index >= 15 is 0 Å². The average Bonchev–Trinajstić information content (AvgIpc) is 2.37. The molecule has 0 unspecified atom stereocenters. The number of anilines is 1.